The van der Waals surface area contributed by atoms with E-state index in [1.165, 1.54) is 57.1 Å². The van der Waals surface area contributed by atoms with Gasteiger partial charge in [0.2, 0.25) is 0 Å². The third-order valence-corrected chi connectivity index (χ3v) is 5.52. The zero-order valence-electron chi connectivity index (χ0n) is 13.5. The topological polar surface area (TPSA) is 29.3 Å². The second kappa shape index (κ2) is 6.93. The average Bonchev–Trinajstić information content (AvgIpc) is 2.54. The first-order chi connectivity index (χ1) is 10.3. The van der Waals surface area contributed by atoms with E-state index in [2.05, 4.69) is 30.0 Å². The molecule has 1 aliphatic carbocycles. The Morgan fingerprint density at radius 1 is 1.14 bits per heavy atom. The number of rotatable bonds is 4. The van der Waals surface area contributed by atoms with Gasteiger partial charge in [0.25, 0.3) is 0 Å². The van der Waals surface area contributed by atoms with E-state index in [1.807, 2.05) is 0 Å². The fourth-order valence-electron chi connectivity index (χ4n) is 4.04. The Bertz CT molecular complexity index is 469. The van der Waals surface area contributed by atoms with E-state index in [4.69, 9.17) is 5.73 Å². The lowest BCUT2D eigenvalue weighted by atomic mass is 9.87. The second-order valence-electron chi connectivity index (χ2n) is 7.01. The van der Waals surface area contributed by atoms with Crippen molar-refractivity contribution in [1.82, 2.24) is 4.90 Å². The highest BCUT2D eigenvalue weighted by Gasteiger charge is 2.22. The maximum Gasteiger partial charge on any atom is 0.00890 e. The summed E-state index contributed by atoms with van der Waals surface area (Å²) >= 11 is 0. The fourth-order valence-corrected chi connectivity index (χ4v) is 4.04. The van der Waals surface area contributed by atoms with E-state index < -0.39 is 0 Å². The Hall–Kier alpha value is -0.860. The van der Waals surface area contributed by atoms with Crippen LogP contribution in [0.3, 0.4) is 0 Å². The highest BCUT2D eigenvalue weighted by molar-refractivity contribution is 5.35. The van der Waals surface area contributed by atoms with E-state index in [-0.39, 0.29) is 0 Å². The maximum absolute atomic E-state index is 6.12. The number of nitrogens with zero attached hydrogens (tertiary/aromatic N) is 1. The number of benzene rings is 1. The summed E-state index contributed by atoms with van der Waals surface area (Å²) in [6.45, 7) is 5.53. The zero-order chi connectivity index (χ0) is 14.7. The third kappa shape index (κ3) is 3.49. The van der Waals surface area contributed by atoms with Crippen LogP contribution in [0.1, 0.15) is 61.6 Å². The van der Waals surface area contributed by atoms with Crippen molar-refractivity contribution < 1.29 is 0 Å². The van der Waals surface area contributed by atoms with E-state index >= 15 is 0 Å². The van der Waals surface area contributed by atoms with Gasteiger partial charge in [0.1, 0.15) is 0 Å². The SMILES string of the molecule is CC1CCCCN1CC(CN)c1ccc2c(c1)CCCC2. The van der Waals surface area contributed by atoms with Crippen molar-refractivity contribution in [3.63, 3.8) is 0 Å². The lowest BCUT2D eigenvalue weighted by Crippen LogP contribution is -2.41. The normalized spacial score (nSPS) is 24.6. The van der Waals surface area contributed by atoms with Crippen molar-refractivity contribution in [2.75, 3.05) is 19.6 Å². The molecule has 2 heteroatoms. The first kappa shape index (κ1) is 15.1. The predicted octanol–water partition coefficient (Wildman–Crippen LogP) is 3.48. The molecule has 3 rings (SSSR count). The molecule has 1 aromatic rings. The number of hydrogen-bond acceptors (Lipinski definition) is 2. The van der Waals surface area contributed by atoms with E-state index in [9.17, 15) is 0 Å². The van der Waals surface area contributed by atoms with Gasteiger partial charge < -0.3 is 10.6 Å². The van der Waals surface area contributed by atoms with E-state index in [0.29, 0.717) is 5.92 Å². The van der Waals surface area contributed by atoms with Gasteiger partial charge in [-0.2, -0.15) is 0 Å². The van der Waals surface area contributed by atoms with Gasteiger partial charge in [0, 0.05) is 25.0 Å². The van der Waals surface area contributed by atoms with E-state index in [1.54, 1.807) is 11.1 Å². The second-order valence-corrected chi connectivity index (χ2v) is 7.01. The molecule has 2 aliphatic rings. The van der Waals surface area contributed by atoms with Crippen LogP contribution in [0, 0.1) is 0 Å². The van der Waals surface area contributed by atoms with Crippen molar-refractivity contribution in [3.05, 3.63) is 34.9 Å². The minimum atomic E-state index is 0.498. The Morgan fingerprint density at radius 3 is 2.71 bits per heavy atom. The van der Waals surface area contributed by atoms with Crippen molar-refractivity contribution in [2.45, 2.75) is 63.8 Å². The van der Waals surface area contributed by atoms with Crippen LogP contribution in [0.4, 0.5) is 0 Å². The van der Waals surface area contributed by atoms with Gasteiger partial charge in [-0.3, -0.25) is 0 Å². The van der Waals surface area contributed by atoms with Crippen molar-refractivity contribution in [3.8, 4) is 0 Å². The summed E-state index contributed by atoms with van der Waals surface area (Å²) in [4.78, 5) is 2.65. The van der Waals surface area contributed by atoms with Crippen molar-refractivity contribution in [2.24, 2.45) is 5.73 Å². The average molecular weight is 286 g/mol. The first-order valence-corrected chi connectivity index (χ1v) is 8.83. The van der Waals surface area contributed by atoms with Crippen molar-refractivity contribution in [1.29, 1.82) is 0 Å². The molecule has 0 saturated carbocycles. The van der Waals surface area contributed by atoms with E-state index in [0.717, 1.165) is 19.1 Å². The largest absolute Gasteiger partial charge is 0.330 e. The molecule has 2 nitrogen and oxygen atoms in total. The summed E-state index contributed by atoms with van der Waals surface area (Å²) in [5.74, 6) is 0.498. The summed E-state index contributed by atoms with van der Waals surface area (Å²) in [5.41, 5.74) is 10.7. The molecular formula is C19H30N2. The molecule has 0 spiro atoms. The lowest BCUT2D eigenvalue weighted by Gasteiger charge is -2.36. The van der Waals surface area contributed by atoms with Crippen LogP contribution in [0.2, 0.25) is 0 Å². The van der Waals surface area contributed by atoms with Gasteiger partial charge in [-0.25, -0.2) is 0 Å². The highest BCUT2D eigenvalue weighted by Crippen LogP contribution is 2.27. The molecule has 1 aromatic carbocycles. The van der Waals surface area contributed by atoms with Gasteiger partial charge in [-0.05, 0) is 68.7 Å². The van der Waals surface area contributed by atoms with Crippen LogP contribution < -0.4 is 5.73 Å². The molecule has 0 bridgehead atoms. The minimum absolute atomic E-state index is 0.498. The molecule has 116 valence electrons. The van der Waals surface area contributed by atoms with Crippen LogP contribution in [-0.2, 0) is 12.8 Å². The van der Waals surface area contributed by atoms with Gasteiger partial charge in [0.05, 0.1) is 0 Å². The number of hydrogen-bond donors (Lipinski definition) is 1. The van der Waals surface area contributed by atoms with Gasteiger partial charge in [-0.15, -0.1) is 0 Å². The summed E-state index contributed by atoms with van der Waals surface area (Å²) in [5, 5.41) is 0. The summed E-state index contributed by atoms with van der Waals surface area (Å²) in [7, 11) is 0. The van der Waals surface area contributed by atoms with Gasteiger partial charge in [-0.1, -0.05) is 24.6 Å². The Balaban J connectivity index is 1.73. The molecule has 0 amide bonds. The quantitative estimate of drug-likeness (QED) is 0.918. The Labute approximate surface area is 129 Å². The Morgan fingerprint density at radius 2 is 1.95 bits per heavy atom. The molecule has 21 heavy (non-hydrogen) atoms. The number of likely N-dealkylation sites (tertiary alicyclic amines) is 1. The standard InChI is InChI=1S/C19H30N2/c1-15-6-4-5-11-21(15)14-19(13-20)18-10-9-16-7-2-3-8-17(16)12-18/h9-10,12,15,19H,2-8,11,13-14,20H2,1H3. The smallest absolute Gasteiger partial charge is 0.00890 e. The molecule has 1 heterocycles. The lowest BCUT2D eigenvalue weighted by molar-refractivity contribution is 0.152. The number of piperidine rings is 1. The third-order valence-electron chi connectivity index (χ3n) is 5.52. The molecule has 2 unspecified atom stereocenters. The van der Waals surface area contributed by atoms with Gasteiger partial charge >= 0.3 is 0 Å². The number of nitrogens with two attached hydrogens (primary N) is 1. The fraction of sp³-hybridized carbons (Fsp3) is 0.684. The van der Waals surface area contributed by atoms with Crippen LogP contribution in [-0.4, -0.2) is 30.6 Å². The number of fused-ring (bicyclic) bond motifs is 1. The minimum Gasteiger partial charge on any atom is -0.330 e. The molecular weight excluding hydrogens is 256 g/mol. The molecule has 0 aromatic heterocycles. The predicted molar refractivity (Wildman–Crippen MR) is 89.8 cm³/mol. The molecule has 2 N–H and O–H groups in total. The van der Waals surface area contributed by atoms with Crippen LogP contribution >= 0.6 is 0 Å². The molecule has 1 saturated heterocycles. The molecule has 2 atom stereocenters. The summed E-state index contributed by atoms with van der Waals surface area (Å²) in [6, 6.07) is 7.90. The van der Waals surface area contributed by atoms with Crippen LogP contribution in [0.15, 0.2) is 18.2 Å². The monoisotopic (exact) mass is 286 g/mol. The summed E-state index contributed by atoms with van der Waals surface area (Å²) < 4.78 is 0. The summed E-state index contributed by atoms with van der Waals surface area (Å²) in [6.07, 6.45) is 9.34. The van der Waals surface area contributed by atoms with Crippen molar-refractivity contribution >= 4 is 0 Å². The van der Waals surface area contributed by atoms with Gasteiger partial charge in [0.15, 0.2) is 0 Å². The Kier molecular flexibility index (Phi) is 4.97. The molecule has 1 fully saturated rings. The number of aryl methyl sites for hydroxylation is 2. The molecule has 0 radical (unpaired) electrons. The van der Waals surface area contributed by atoms with Crippen LogP contribution in [0.5, 0.6) is 0 Å². The first-order valence-electron chi connectivity index (χ1n) is 8.83. The highest BCUT2D eigenvalue weighted by atomic mass is 15.2. The molecule has 1 aliphatic heterocycles. The zero-order valence-corrected chi connectivity index (χ0v) is 13.5. The van der Waals surface area contributed by atoms with Crippen LogP contribution in [0.25, 0.3) is 0 Å². The maximum atomic E-state index is 6.12.